The molecule has 2 amide bonds. The predicted molar refractivity (Wildman–Crippen MR) is 103 cm³/mol. The van der Waals surface area contributed by atoms with Crippen molar-refractivity contribution < 1.29 is 9.59 Å². The second kappa shape index (κ2) is 7.91. The van der Waals surface area contributed by atoms with Gasteiger partial charge in [-0.05, 0) is 55.7 Å². The summed E-state index contributed by atoms with van der Waals surface area (Å²) in [4.78, 5) is 31.1. The molecule has 140 valence electrons. The molecule has 1 aromatic heterocycles. The maximum absolute atomic E-state index is 12.8. The summed E-state index contributed by atoms with van der Waals surface area (Å²) in [5, 5.41) is 2.95. The zero-order valence-electron chi connectivity index (χ0n) is 15.4. The van der Waals surface area contributed by atoms with Crippen LogP contribution >= 0.6 is 0 Å². The molecule has 0 radical (unpaired) electrons. The third-order valence-corrected chi connectivity index (χ3v) is 5.42. The fourth-order valence-corrected chi connectivity index (χ4v) is 3.63. The van der Waals surface area contributed by atoms with Crippen molar-refractivity contribution in [3.05, 3.63) is 65.5 Å². The SMILES string of the molecule is O=C(NC1CC1)c1ccnc(C(=O)N2CCC(Cc3ccccc3)CC2)c1. The molecule has 1 aliphatic heterocycles. The van der Waals surface area contributed by atoms with E-state index in [2.05, 4.69) is 34.6 Å². The smallest absolute Gasteiger partial charge is 0.272 e. The van der Waals surface area contributed by atoms with Crippen LogP contribution in [0.1, 0.15) is 52.1 Å². The second-order valence-electron chi connectivity index (χ2n) is 7.60. The molecule has 27 heavy (non-hydrogen) atoms. The van der Waals surface area contributed by atoms with E-state index in [1.807, 2.05) is 11.0 Å². The molecule has 0 bridgehead atoms. The topological polar surface area (TPSA) is 62.3 Å². The van der Waals surface area contributed by atoms with Gasteiger partial charge in [0.25, 0.3) is 11.8 Å². The summed E-state index contributed by atoms with van der Waals surface area (Å²) in [5.74, 6) is 0.421. The van der Waals surface area contributed by atoms with Gasteiger partial charge in [0.2, 0.25) is 0 Å². The van der Waals surface area contributed by atoms with Gasteiger partial charge in [0.1, 0.15) is 5.69 Å². The molecule has 1 saturated carbocycles. The van der Waals surface area contributed by atoms with E-state index in [1.54, 1.807) is 18.3 Å². The molecule has 2 heterocycles. The van der Waals surface area contributed by atoms with Crippen molar-refractivity contribution in [3.8, 4) is 0 Å². The Balaban J connectivity index is 1.34. The summed E-state index contributed by atoms with van der Waals surface area (Å²) < 4.78 is 0. The lowest BCUT2D eigenvalue weighted by Gasteiger charge is -2.32. The lowest BCUT2D eigenvalue weighted by Crippen LogP contribution is -2.39. The van der Waals surface area contributed by atoms with E-state index in [1.165, 1.54) is 5.56 Å². The van der Waals surface area contributed by atoms with E-state index in [-0.39, 0.29) is 11.8 Å². The first kappa shape index (κ1) is 17.7. The van der Waals surface area contributed by atoms with Gasteiger partial charge < -0.3 is 10.2 Å². The molecule has 1 aliphatic carbocycles. The number of nitrogens with zero attached hydrogens (tertiary/aromatic N) is 2. The zero-order chi connectivity index (χ0) is 18.6. The highest BCUT2D eigenvalue weighted by atomic mass is 16.2. The molecular weight excluding hydrogens is 338 g/mol. The van der Waals surface area contributed by atoms with Crippen LogP contribution in [0.5, 0.6) is 0 Å². The monoisotopic (exact) mass is 363 g/mol. The summed E-state index contributed by atoms with van der Waals surface area (Å²) in [6.07, 6.45) is 6.71. The summed E-state index contributed by atoms with van der Waals surface area (Å²) in [6, 6.07) is 14.1. The molecule has 5 heteroatoms. The van der Waals surface area contributed by atoms with Crippen molar-refractivity contribution in [2.24, 2.45) is 5.92 Å². The number of hydrogen-bond acceptors (Lipinski definition) is 3. The Kier molecular flexibility index (Phi) is 5.19. The van der Waals surface area contributed by atoms with Crippen molar-refractivity contribution in [2.45, 2.75) is 38.1 Å². The highest BCUT2D eigenvalue weighted by Crippen LogP contribution is 2.23. The van der Waals surface area contributed by atoms with Crippen LogP contribution in [0.2, 0.25) is 0 Å². The normalized spacial score (nSPS) is 17.6. The molecule has 1 aromatic carbocycles. The number of piperidine rings is 1. The highest BCUT2D eigenvalue weighted by Gasteiger charge is 2.26. The summed E-state index contributed by atoms with van der Waals surface area (Å²) in [6.45, 7) is 1.49. The number of likely N-dealkylation sites (tertiary alicyclic amines) is 1. The molecule has 0 unspecified atom stereocenters. The minimum atomic E-state index is -0.115. The van der Waals surface area contributed by atoms with E-state index in [0.29, 0.717) is 23.2 Å². The van der Waals surface area contributed by atoms with Crippen LogP contribution in [-0.4, -0.2) is 40.8 Å². The number of pyridine rings is 1. The van der Waals surface area contributed by atoms with Crippen LogP contribution in [0.25, 0.3) is 0 Å². The Morgan fingerprint density at radius 3 is 2.48 bits per heavy atom. The van der Waals surface area contributed by atoms with Gasteiger partial charge in [-0.15, -0.1) is 0 Å². The van der Waals surface area contributed by atoms with Crippen molar-refractivity contribution in [1.82, 2.24) is 15.2 Å². The number of rotatable bonds is 5. The van der Waals surface area contributed by atoms with E-state index in [9.17, 15) is 9.59 Å². The van der Waals surface area contributed by atoms with Crippen molar-refractivity contribution >= 4 is 11.8 Å². The van der Waals surface area contributed by atoms with E-state index in [0.717, 1.165) is 45.2 Å². The van der Waals surface area contributed by atoms with Gasteiger partial charge in [-0.2, -0.15) is 0 Å². The van der Waals surface area contributed by atoms with E-state index < -0.39 is 0 Å². The van der Waals surface area contributed by atoms with E-state index in [4.69, 9.17) is 0 Å². The Morgan fingerprint density at radius 1 is 1.04 bits per heavy atom. The fraction of sp³-hybridized carbons (Fsp3) is 0.409. The van der Waals surface area contributed by atoms with Crippen LogP contribution in [0.3, 0.4) is 0 Å². The molecule has 0 spiro atoms. The van der Waals surface area contributed by atoms with Crippen LogP contribution < -0.4 is 5.32 Å². The van der Waals surface area contributed by atoms with Gasteiger partial charge in [0, 0.05) is 30.9 Å². The summed E-state index contributed by atoms with van der Waals surface area (Å²) in [7, 11) is 0. The van der Waals surface area contributed by atoms with Crippen LogP contribution in [0.15, 0.2) is 48.7 Å². The average Bonchev–Trinajstić information content (AvgIpc) is 3.53. The molecule has 4 rings (SSSR count). The molecule has 2 fully saturated rings. The van der Waals surface area contributed by atoms with E-state index >= 15 is 0 Å². The maximum atomic E-state index is 12.8. The summed E-state index contributed by atoms with van der Waals surface area (Å²) in [5.41, 5.74) is 2.23. The standard InChI is InChI=1S/C22H25N3O2/c26-21(24-19-6-7-19)18-8-11-23-20(15-18)22(27)25-12-9-17(10-13-25)14-16-4-2-1-3-5-16/h1-5,8,11,15,17,19H,6-7,9-10,12-14H2,(H,24,26). The lowest BCUT2D eigenvalue weighted by molar-refractivity contribution is 0.0684. The van der Waals surface area contributed by atoms with Crippen molar-refractivity contribution in [2.75, 3.05) is 13.1 Å². The molecular formula is C22H25N3O2. The number of hydrogen-bond donors (Lipinski definition) is 1. The fourth-order valence-electron chi connectivity index (χ4n) is 3.63. The maximum Gasteiger partial charge on any atom is 0.272 e. The van der Waals surface area contributed by atoms with Crippen molar-refractivity contribution in [3.63, 3.8) is 0 Å². The summed E-state index contributed by atoms with van der Waals surface area (Å²) >= 11 is 0. The minimum absolute atomic E-state index is 0.0748. The van der Waals surface area contributed by atoms with Gasteiger partial charge in [-0.3, -0.25) is 14.6 Å². The highest BCUT2D eigenvalue weighted by molar-refractivity contribution is 5.98. The third-order valence-electron chi connectivity index (χ3n) is 5.42. The quantitative estimate of drug-likeness (QED) is 0.888. The number of amides is 2. The average molecular weight is 363 g/mol. The molecule has 1 saturated heterocycles. The molecule has 1 N–H and O–H groups in total. The number of benzene rings is 1. The Labute approximate surface area is 159 Å². The van der Waals surface area contributed by atoms with Gasteiger partial charge in [0.15, 0.2) is 0 Å². The Hall–Kier alpha value is -2.69. The Bertz CT molecular complexity index is 809. The Morgan fingerprint density at radius 2 is 1.78 bits per heavy atom. The molecule has 0 atom stereocenters. The number of carbonyl (C=O) groups is 2. The van der Waals surface area contributed by atoms with Crippen LogP contribution in [0.4, 0.5) is 0 Å². The first-order valence-corrected chi connectivity index (χ1v) is 9.79. The van der Waals surface area contributed by atoms with Crippen LogP contribution in [-0.2, 0) is 6.42 Å². The number of carbonyl (C=O) groups excluding carboxylic acids is 2. The second-order valence-corrected chi connectivity index (χ2v) is 7.60. The first-order chi connectivity index (χ1) is 13.2. The largest absolute Gasteiger partial charge is 0.349 e. The predicted octanol–water partition coefficient (Wildman–Crippen LogP) is 3.07. The third kappa shape index (κ3) is 4.54. The number of nitrogens with one attached hydrogen (secondary N) is 1. The van der Waals surface area contributed by atoms with Gasteiger partial charge >= 0.3 is 0 Å². The van der Waals surface area contributed by atoms with Gasteiger partial charge in [0.05, 0.1) is 0 Å². The molecule has 2 aromatic rings. The first-order valence-electron chi connectivity index (χ1n) is 9.79. The number of aromatic nitrogens is 1. The van der Waals surface area contributed by atoms with Crippen LogP contribution in [0, 0.1) is 5.92 Å². The molecule has 5 nitrogen and oxygen atoms in total. The van der Waals surface area contributed by atoms with Gasteiger partial charge in [-0.25, -0.2) is 0 Å². The molecule has 2 aliphatic rings. The van der Waals surface area contributed by atoms with Gasteiger partial charge in [-0.1, -0.05) is 30.3 Å². The zero-order valence-corrected chi connectivity index (χ0v) is 15.4. The van der Waals surface area contributed by atoms with Crippen molar-refractivity contribution in [1.29, 1.82) is 0 Å². The minimum Gasteiger partial charge on any atom is -0.349 e. The lowest BCUT2D eigenvalue weighted by atomic mass is 9.90.